The highest BCUT2D eigenvalue weighted by Crippen LogP contribution is 2.32. The van der Waals surface area contributed by atoms with Gasteiger partial charge in [0.05, 0.1) is 17.8 Å². The van der Waals surface area contributed by atoms with Crippen LogP contribution in [-0.2, 0) is 11.2 Å². The molecule has 4 aromatic rings. The molecule has 0 spiro atoms. The largest absolute Gasteiger partial charge is 0.497 e. The zero-order chi connectivity index (χ0) is 21.8. The lowest BCUT2D eigenvalue weighted by molar-refractivity contribution is -0.116. The third-order valence-corrected chi connectivity index (χ3v) is 5.65. The van der Waals surface area contributed by atoms with E-state index in [9.17, 15) is 4.79 Å². The summed E-state index contributed by atoms with van der Waals surface area (Å²) in [4.78, 5) is 21.1. The lowest BCUT2D eigenvalue weighted by Gasteiger charge is -2.01. The van der Waals surface area contributed by atoms with E-state index < -0.39 is 0 Å². The Bertz CT molecular complexity index is 1210. The molecule has 31 heavy (non-hydrogen) atoms. The van der Waals surface area contributed by atoms with Gasteiger partial charge in [0.2, 0.25) is 17.6 Å². The Kier molecular flexibility index (Phi) is 6.50. The summed E-state index contributed by atoms with van der Waals surface area (Å²) < 4.78 is 10.4. The number of carbonyl (C=O) groups is 1. The third-order valence-electron chi connectivity index (χ3n) is 4.34. The zero-order valence-corrected chi connectivity index (χ0v) is 18.6. The van der Waals surface area contributed by atoms with Gasteiger partial charge in [0.1, 0.15) is 5.75 Å². The molecule has 0 aliphatic rings. The number of aromatic nitrogens is 3. The summed E-state index contributed by atoms with van der Waals surface area (Å²) in [7, 11) is 1.60. The summed E-state index contributed by atoms with van der Waals surface area (Å²) in [6.45, 7) is 0. The highest BCUT2D eigenvalue weighted by molar-refractivity contribution is 7.14. The van der Waals surface area contributed by atoms with Gasteiger partial charge in [0.25, 0.3) is 0 Å². The van der Waals surface area contributed by atoms with Crippen molar-refractivity contribution in [3.63, 3.8) is 0 Å². The number of carbonyl (C=O) groups excluding carboxylic acids is 1. The lowest BCUT2D eigenvalue weighted by atomic mass is 10.2. The van der Waals surface area contributed by atoms with Gasteiger partial charge in [-0.1, -0.05) is 28.4 Å². The molecule has 7 nitrogen and oxygen atoms in total. The van der Waals surface area contributed by atoms with E-state index in [-0.39, 0.29) is 12.3 Å². The van der Waals surface area contributed by atoms with Gasteiger partial charge in [-0.15, -0.1) is 11.3 Å². The van der Waals surface area contributed by atoms with Gasteiger partial charge in [-0.25, -0.2) is 4.98 Å². The van der Waals surface area contributed by atoms with Gasteiger partial charge in [-0.05, 0) is 42.5 Å². The minimum absolute atomic E-state index is 0.181. The summed E-state index contributed by atoms with van der Waals surface area (Å²) in [5.41, 5.74) is 2.22. The van der Waals surface area contributed by atoms with Crippen molar-refractivity contribution in [2.45, 2.75) is 12.8 Å². The van der Waals surface area contributed by atoms with Crippen LogP contribution in [0.4, 0.5) is 5.13 Å². The molecular formula is C21H16Cl2N4O3S. The van der Waals surface area contributed by atoms with Crippen LogP contribution in [0.3, 0.4) is 0 Å². The number of nitrogens with zero attached hydrogens (tertiary/aromatic N) is 3. The van der Waals surface area contributed by atoms with Crippen LogP contribution in [0, 0.1) is 0 Å². The summed E-state index contributed by atoms with van der Waals surface area (Å²) in [5.74, 6) is 1.39. The molecule has 1 amide bonds. The first-order chi connectivity index (χ1) is 15.0. The van der Waals surface area contributed by atoms with Gasteiger partial charge in [0, 0.05) is 34.4 Å². The molecule has 0 radical (unpaired) electrons. The molecule has 0 atom stereocenters. The number of aryl methyl sites for hydroxylation is 1. The number of hydrogen-bond acceptors (Lipinski definition) is 7. The van der Waals surface area contributed by atoms with Crippen molar-refractivity contribution in [3.8, 4) is 28.4 Å². The topological polar surface area (TPSA) is 90.1 Å². The first-order valence-corrected chi connectivity index (χ1v) is 10.8. The van der Waals surface area contributed by atoms with Crippen LogP contribution < -0.4 is 10.1 Å². The first kappa shape index (κ1) is 21.3. The number of methoxy groups -OCH3 is 1. The summed E-state index contributed by atoms with van der Waals surface area (Å²) in [6.07, 6.45) is 0.497. The second-order valence-corrected chi connectivity index (χ2v) is 8.15. The number of halogens is 2. The zero-order valence-electron chi connectivity index (χ0n) is 16.3. The Labute approximate surface area is 192 Å². The van der Waals surface area contributed by atoms with E-state index in [1.165, 1.54) is 11.3 Å². The Morgan fingerprint density at radius 1 is 1.16 bits per heavy atom. The number of nitrogens with one attached hydrogen (secondary N) is 1. The molecule has 0 saturated carbocycles. The van der Waals surface area contributed by atoms with E-state index in [1.807, 2.05) is 29.6 Å². The molecule has 0 bridgehead atoms. The average molecular weight is 475 g/mol. The molecule has 1 N–H and O–H groups in total. The van der Waals surface area contributed by atoms with E-state index in [4.69, 9.17) is 32.5 Å². The van der Waals surface area contributed by atoms with Crippen LogP contribution in [0.1, 0.15) is 12.3 Å². The predicted molar refractivity (Wildman–Crippen MR) is 121 cm³/mol. The Hall–Kier alpha value is -2.94. The molecule has 10 heteroatoms. The first-order valence-electron chi connectivity index (χ1n) is 9.19. The maximum absolute atomic E-state index is 12.3. The number of ether oxygens (including phenoxy) is 1. The fraction of sp³-hybridized carbons (Fsp3) is 0.143. The van der Waals surface area contributed by atoms with Crippen LogP contribution in [0.15, 0.2) is 52.4 Å². The second-order valence-electron chi connectivity index (χ2n) is 6.45. The van der Waals surface area contributed by atoms with Crippen LogP contribution in [-0.4, -0.2) is 28.1 Å². The van der Waals surface area contributed by atoms with Crippen molar-refractivity contribution < 1.29 is 14.1 Å². The Morgan fingerprint density at radius 2 is 1.97 bits per heavy atom. The molecule has 2 aromatic heterocycles. The van der Waals surface area contributed by atoms with Gasteiger partial charge >= 0.3 is 0 Å². The van der Waals surface area contributed by atoms with Crippen molar-refractivity contribution in [1.29, 1.82) is 0 Å². The monoisotopic (exact) mass is 474 g/mol. The lowest BCUT2D eigenvalue weighted by Crippen LogP contribution is -2.12. The van der Waals surface area contributed by atoms with E-state index in [0.717, 1.165) is 16.9 Å². The van der Waals surface area contributed by atoms with E-state index in [2.05, 4.69) is 20.4 Å². The van der Waals surface area contributed by atoms with Crippen LogP contribution in [0.25, 0.3) is 22.6 Å². The molecule has 0 saturated heterocycles. The smallest absolute Gasteiger partial charge is 0.227 e. The second kappa shape index (κ2) is 9.47. The summed E-state index contributed by atoms with van der Waals surface area (Å²) >= 11 is 13.5. The van der Waals surface area contributed by atoms with Gasteiger partial charge in [0.15, 0.2) is 5.13 Å². The highest BCUT2D eigenvalue weighted by Gasteiger charge is 2.13. The van der Waals surface area contributed by atoms with E-state index in [1.54, 1.807) is 25.3 Å². The van der Waals surface area contributed by atoms with Crippen LogP contribution in [0.5, 0.6) is 5.75 Å². The molecular weight excluding hydrogens is 459 g/mol. The van der Waals surface area contributed by atoms with Crippen molar-refractivity contribution in [2.75, 3.05) is 12.4 Å². The maximum Gasteiger partial charge on any atom is 0.227 e. The Morgan fingerprint density at radius 3 is 2.71 bits per heavy atom. The molecule has 0 unspecified atom stereocenters. The van der Waals surface area contributed by atoms with Crippen molar-refractivity contribution in [3.05, 3.63) is 63.8 Å². The quantitative estimate of drug-likeness (QED) is 0.366. The molecule has 4 rings (SSSR count). The minimum Gasteiger partial charge on any atom is -0.497 e. The SMILES string of the molecule is COc1ccc(-c2noc(CCC(=O)Nc3nc(-c4ccc(Cl)cc4Cl)cs3)n2)cc1. The van der Waals surface area contributed by atoms with E-state index >= 15 is 0 Å². The number of rotatable bonds is 7. The summed E-state index contributed by atoms with van der Waals surface area (Å²) in [5, 5.41) is 10.1. The summed E-state index contributed by atoms with van der Waals surface area (Å²) in [6, 6.07) is 12.5. The predicted octanol–water partition coefficient (Wildman–Crippen LogP) is 5.75. The maximum atomic E-state index is 12.3. The molecule has 0 aliphatic carbocycles. The number of thiazole rings is 1. The van der Waals surface area contributed by atoms with Crippen molar-refractivity contribution in [2.24, 2.45) is 0 Å². The standard InChI is InChI=1S/C21H16Cl2N4O3S/c1-29-14-5-2-12(3-6-14)20-26-19(30-27-20)9-8-18(28)25-21-24-17(11-31-21)15-7-4-13(22)10-16(15)23/h2-7,10-11H,8-9H2,1H3,(H,24,25,28). The van der Waals surface area contributed by atoms with Gasteiger partial charge in [-0.3, -0.25) is 4.79 Å². The average Bonchev–Trinajstić information content (AvgIpc) is 3.42. The molecule has 2 aromatic carbocycles. The van der Waals surface area contributed by atoms with Crippen LogP contribution >= 0.6 is 34.5 Å². The number of hydrogen-bond donors (Lipinski definition) is 1. The van der Waals surface area contributed by atoms with Crippen LogP contribution in [0.2, 0.25) is 10.0 Å². The van der Waals surface area contributed by atoms with Gasteiger partial charge < -0.3 is 14.6 Å². The van der Waals surface area contributed by atoms with E-state index in [0.29, 0.717) is 39.0 Å². The number of amides is 1. The fourth-order valence-corrected chi connectivity index (χ4v) is 4.00. The molecule has 0 aliphatic heterocycles. The minimum atomic E-state index is -0.202. The number of anilines is 1. The molecule has 158 valence electrons. The van der Waals surface area contributed by atoms with Gasteiger partial charge in [-0.2, -0.15) is 4.98 Å². The van der Waals surface area contributed by atoms with Crippen molar-refractivity contribution in [1.82, 2.24) is 15.1 Å². The Balaban J connectivity index is 1.34. The molecule has 2 heterocycles. The fourth-order valence-electron chi connectivity index (χ4n) is 2.77. The highest BCUT2D eigenvalue weighted by atomic mass is 35.5. The number of benzene rings is 2. The van der Waals surface area contributed by atoms with Crippen molar-refractivity contribution >= 4 is 45.6 Å². The third kappa shape index (κ3) is 5.22. The normalized spacial score (nSPS) is 10.8. The molecule has 0 fully saturated rings.